The molecule has 1 heterocycles. The summed E-state index contributed by atoms with van der Waals surface area (Å²) >= 11 is 3.55. The van der Waals surface area contributed by atoms with E-state index in [4.69, 9.17) is 10.5 Å². The van der Waals surface area contributed by atoms with Crippen LogP contribution in [0.3, 0.4) is 0 Å². The lowest BCUT2D eigenvalue weighted by molar-refractivity contribution is 0.316. The highest BCUT2D eigenvalue weighted by atomic mass is 79.9. The molecule has 1 aromatic rings. The quantitative estimate of drug-likeness (QED) is 0.916. The second-order valence-electron chi connectivity index (χ2n) is 4.18. The number of nitrogens with zero attached hydrogens (tertiary/aromatic N) is 1. The van der Waals surface area contributed by atoms with Gasteiger partial charge in [-0.1, -0.05) is 15.9 Å². The van der Waals surface area contributed by atoms with Gasteiger partial charge in [-0.3, -0.25) is 0 Å². The van der Waals surface area contributed by atoms with Crippen LogP contribution in [0.5, 0.6) is 5.75 Å². The third-order valence-corrected chi connectivity index (χ3v) is 3.23. The molecule has 16 heavy (non-hydrogen) atoms. The van der Waals surface area contributed by atoms with Gasteiger partial charge in [0.25, 0.3) is 0 Å². The topological polar surface area (TPSA) is 38.5 Å². The summed E-state index contributed by atoms with van der Waals surface area (Å²) in [6, 6.07) is 4.28. The van der Waals surface area contributed by atoms with Crippen molar-refractivity contribution in [2.45, 2.75) is 13.0 Å². The van der Waals surface area contributed by atoms with Crippen LogP contribution >= 0.6 is 15.9 Å². The van der Waals surface area contributed by atoms with E-state index < -0.39 is 0 Å². The van der Waals surface area contributed by atoms with E-state index >= 15 is 0 Å². The Hall–Kier alpha value is -0.580. The molecule has 0 saturated heterocycles. The fourth-order valence-electron chi connectivity index (χ4n) is 2.05. The van der Waals surface area contributed by atoms with E-state index in [1.165, 1.54) is 11.1 Å². The highest BCUT2D eigenvalue weighted by Gasteiger charge is 2.17. The summed E-state index contributed by atoms with van der Waals surface area (Å²) in [5.74, 6) is 1.08. The van der Waals surface area contributed by atoms with Gasteiger partial charge in [0.2, 0.25) is 0 Å². The summed E-state index contributed by atoms with van der Waals surface area (Å²) < 4.78 is 6.82. The number of likely N-dealkylation sites (N-methyl/N-ethyl adjacent to an activating group) is 1. The van der Waals surface area contributed by atoms with E-state index in [0.717, 1.165) is 36.3 Å². The van der Waals surface area contributed by atoms with E-state index in [9.17, 15) is 0 Å². The molecule has 1 aliphatic rings. The van der Waals surface area contributed by atoms with Crippen LogP contribution in [0.25, 0.3) is 0 Å². The molecule has 0 aliphatic carbocycles. The summed E-state index contributed by atoms with van der Waals surface area (Å²) in [6.07, 6.45) is 1.02. The number of fused-ring (bicyclic) bond motifs is 1. The number of halogens is 1. The van der Waals surface area contributed by atoms with Crippen LogP contribution in [0.15, 0.2) is 16.6 Å². The summed E-state index contributed by atoms with van der Waals surface area (Å²) in [7, 11) is 2.08. The maximum absolute atomic E-state index is 5.68. The Morgan fingerprint density at radius 2 is 2.31 bits per heavy atom. The first-order valence-corrected chi connectivity index (χ1v) is 6.32. The van der Waals surface area contributed by atoms with E-state index in [2.05, 4.69) is 40.0 Å². The Bertz CT molecular complexity index is 382. The first-order valence-electron chi connectivity index (χ1n) is 5.53. The van der Waals surface area contributed by atoms with Gasteiger partial charge >= 0.3 is 0 Å². The zero-order valence-corrected chi connectivity index (χ0v) is 11.1. The average Bonchev–Trinajstić information content (AvgIpc) is 2.65. The van der Waals surface area contributed by atoms with E-state index in [1.54, 1.807) is 0 Å². The Labute approximate surface area is 105 Å². The van der Waals surface area contributed by atoms with Gasteiger partial charge in [-0.05, 0) is 24.7 Å². The molecule has 0 radical (unpaired) electrons. The van der Waals surface area contributed by atoms with Crippen molar-refractivity contribution in [3.8, 4) is 5.75 Å². The maximum Gasteiger partial charge on any atom is 0.127 e. The third-order valence-electron chi connectivity index (χ3n) is 2.78. The molecule has 0 amide bonds. The summed E-state index contributed by atoms with van der Waals surface area (Å²) in [4.78, 5) is 2.21. The summed E-state index contributed by atoms with van der Waals surface area (Å²) in [6.45, 7) is 3.28. The Morgan fingerprint density at radius 1 is 1.50 bits per heavy atom. The number of rotatable bonds is 4. The second kappa shape index (κ2) is 5.17. The minimum atomic E-state index is 0.688. The number of hydrogen-bond acceptors (Lipinski definition) is 3. The van der Waals surface area contributed by atoms with Crippen LogP contribution in [-0.4, -0.2) is 31.6 Å². The fourth-order valence-corrected chi connectivity index (χ4v) is 2.61. The van der Waals surface area contributed by atoms with Crippen LogP contribution in [0.2, 0.25) is 0 Å². The van der Waals surface area contributed by atoms with Crippen molar-refractivity contribution in [2.24, 2.45) is 5.73 Å². The molecule has 2 rings (SSSR count). The van der Waals surface area contributed by atoms with E-state index in [-0.39, 0.29) is 0 Å². The van der Waals surface area contributed by atoms with Crippen molar-refractivity contribution in [3.05, 3.63) is 27.7 Å². The molecule has 0 spiro atoms. The predicted molar refractivity (Wildman–Crippen MR) is 68.7 cm³/mol. The second-order valence-corrected chi connectivity index (χ2v) is 5.09. The molecular formula is C12H17BrN2O. The molecule has 0 unspecified atom stereocenters. The fraction of sp³-hybridized carbons (Fsp3) is 0.500. The monoisotopic (exact) mass is 284 g/mol. The summed E-state index contributed by atoms with van der Waals surface area (Å²) in [5.41, 5.74) is 8.10. The van der Waals surface area contributed by atoms with Crippen molar-refractivity contribution >= 4 is 15.9 Å². The van der Waals surface area contributed by atoms with Crippen molar-refractivity contribution in [3.63, 3.8) is 0 Å². The molecule has 1 aromatic carbocycles. The molecule has 4 heteroatoms. The van der Waals surface area contributed by atoms with Gasteiger partial charge < -0.3 is 15.4 Å². The molecule has 88 valence electrons. The SMILES string of the molecule is CN(CCN)Cc1cc(Br)cc2c1OCC2. The Balaban J connectivity index is 2.20. The van der Waals surface area contributed by atoms with Crippen LogP contribution in [-0.2, 0) is 13.0 Å². The van der Waals surface area contributed by atoms with Crippen molar-refractivity contribution < 1.29 is 4.74 Å². The molecule has 1 aliphatic heterocycles. The van der Waals surface area contributed by atoms with Gasteiger partial charge in [0.05, 0.1) is 6.61 Å². The zero-order chi connectivity index (χ0) is 11.5. The molecule has 2 N–H and O–H groups in total. The lowest BCUT2D eigenvalue weighted by Crippen LogP contribution is -2.25. The third kappa shape index (κ3) is 2.56. The first-order chi connectivity index (χ1) is 7.70. The van der Waals surface area contributed by atoms with Gasteiger partial charge in [0.1, 0.15) is 5.75 Å². The molecule has 0 bridgehead atoms. The first kappa shape index (κ1) is 11.9. The number of benzene rings is 1. The van der Waals surface area contributed by atoms with Gasteiger partial charge in [-0.25, -0.2) is 0 Å². The van der Waals surface area contributed by atoms with Crippen LogP contribution in [0.1, 0.15) is 11.1 Å². The van der Waals surface area contributed by atoms with Gasteiger partial charge in [0, 0.05) is 36.1 Å². The van der Waals surface area contributed by atoms with Crippen molar-refractivity contribution in [1.29, 1.82) is 0 Å². The standard InChI is InChI=1S/C12H17BrN2O/c1-15(4-3-14)8-10-7-11(13)6-9-2-5-16-12(9)10/h6-7H,2-5,8,14H2,1H3. The van der Waals surface area contributed by atoms with Crippen LogP contribution < -0.4 is 10.5 Å². The zero-order valence-electron chi connectivity index (χ0n) is 9.50. The number of hydrogen-bond donors (Lipinski definition) is 1. The lowest BCUT2D eigenvalue weighted by atomic mass is 10.1. The lowest BCUT2D eigenvalue weighted by Gasteiger charge is -2.17. The molecule has 0 fully saturated rings. The Kier molecular flexibility index (Phi) is 3.84. The van der Waals surface area contributed by atoms with Crippen LogP contribution in [0, 0.1) is 0 Å². The molecule has 0 aromatic heterocycles. The van der Waals surface area contributed by atoms with E-state index in [0.29, 0.717) is 6.54 Å². The van der Waals surface area contributed by atoms with Crippen molar-refractivity contribution in [1.82, 2.24) is 4.90 Å². The summed E-state index contributed by atoms with van der Waals surface area (Å²) in [5, 5.41) is 0. The molecular weight excluding hydrogens is 268 g/mol. The highest BCUT2D eigenvalue weighted by Crippen LogP contribution is 2.33. The van der Waals surface area contributed by atoms with E-state index in [1.807, 2.05) is 0 Å². The minimum absolute atomic E-state index is 0.688. The largest absolute Gasteiger partial charge is 0.493 e. The highest BCUT2D eigenvalue weighted by molar-refractivity contribution is 9.10. The molecule has 0 atom stereocenters. The minimum Gasteiger partial charge on any atom is -0.493 e. The normalized spacial score (nSPS) is 14.0. The Morgan fingerprint density at radius 3 is 3.06 bits per heavy atom. The van der Waals surface area contributed by atoms with Crippen LogP contribution in [0.4, 0.5) is 0 Å². The molecule has 3 nitrogen and oxygen atoms in total. The molecule has 0 saturated carbocycles. The smallest absolute Gasteiger partial charge is 0.127 e. The average molecular weight is 285 g/mol. The maximum atomic E-state index is 5.68. The predicted octanol–water partition coefficient (Wildman–Crippen LogP) is 1.77. The number of ether oxygens (including phenoxy) is 1. The number of nitrogens with two attached hydrogens (primary N) is 1. The van der Waals surface area contributed by atoms with Gasteiger partial charge in [-0.15, -0.1) is 0 Å². The van der Waals surface area contributed by atoms with Crippen molar-refractivity contribution in [2.75, 3.05) is 26.7 Å². The van der Waals surface area contributed by atoms with Gasteiger partial charge in [-0.2, -0.15) is 0 Å². The van der Waals surface area contributed by atoms with Gasteiger partial charge in [0.15, 0.2) is 0 Å².